The van der Waals surface area contributed by atoms with E-state index in [1.54, 1.807) is 32.4 Å². The van der Waals surface area contributed by atoms with Gasteiger partial charge in [-0.1, -0.05) is 5.16 Å². The van der Waals surface area contributed by atoms with Gasteiger partial charge in [-0.15, -0.1) is 0 Å². The summed E-state index contributed by atoms with van der Waals surface area (Å²) in [6, 6.07) is 4.77. The summed E-state index contributed by atoms with van der Waals surface area (Å²) >= 11 is 0. The second-order valence-electron chi connectivity index (χ2n) is 11.0. The number of hydrogen-bond donors (Lipinski definition) is 0. The number of amides is 1. The molecule has 1 amide bonds. The molecule has 9 nitrogen and oxygen atoms in total. The first-order valence-electron chi connectivity index (χ1n) is 13.0. The van der Waals surface area contributed by atoms with Gasteiger partial charge < -0.3 is 23.6 Å². The Labute approximate surface area is 210 Å². The largest absolute Gasteiger partial charge is 0.497 e. The van der Waals surface area contributed by atoms with Gasteiger partial charge in [0.05, 0.1) is 25.2 Å². The van der Waals surface area contributed by atoms with Crippen LogP contribution < -0.4 is 9.47 Å². The van der Waals surface area contributed by atoms with Crippen LogP contribution in [0.5, 0.6) is 11.5 Å². The van der Waals surface area contributed by atoms with Crippen LogP contribution in [0.4, 0.5) is 0 Å². The molecule has 192 valence electrons. The number of aromatic nitrogens is 2. The number of nitrogens with zero attached hydrogens (tertiary/aromatic N) is 3. The Hall–Kier alpha value is -3.10. The molecular weight excluding hydrogens is 462 g/mol. The molecule has 0 spiro atoms. The molecule has 1 aromatic heterocycles. The zero-order chi connectivity index (χ0) is 24.9. The minimum Gasteiger partial charge on any atom is -0.497 e. The first-order chi connectivity index (χ1) is 17.5. The van der Waals surface area contributed by atoms with Crippen LogP contribution >= 0.6 is 0 Å². The lowest BCUT2D eigenvalue weighted by Gasteiger charge is -2.56. The summed E-state index contributed by atoms with van der Waals surface area (Å²) in [5, 5.41) is 4.01. The van der Waals surface area contributed by atoms with E-state index in [1.807, 2.05) is 4.90 Å². The molecule has 9 heteroatoms. The molecule has 0 radical (unpaired) electrons. The highest BCUT2D eigenvalue weighted by Gasteiger charge is 2.57. The predicted molar refractivity (Wildman–Crippen MR) is 128 cm³/mol. The smallest absolute Gasteiger partial charge is 0.329 e. The minimum absolute atomic E-state index is 0.139. The molecule has 1 saturated heterocycles. The summed E-state index contributed by atoms with van der Waals surface area (Å²) in [5.74, 6) is 3.56. The molecule has 5 aliphatic rings. The summed E-state index contributed by atoms with van der Waals surface area (Å²) in [4.78, 5) is 33.1. The van der Waals surface area contributed by atoms with Gasteiger partial charge in [0.15, 0.2) is 6.61 Å². The summed E-state index contributed by atoms with van der Waals surface area (Å²) in [6.07, 6.45) is 8.29. The summed E-state index contributed by atoms with van der Waals surface area (Å²) in [6.45, 7) is 0.489. The second kappa shape index (κ2) is 9.09. The van der Waals surface area contributed by atoms with Gasteiger partial charge in [-0.3, -0.25) is 4.79 Å². The maximum Gasteiger partial charge on any atom is 0.329 e. The molecule has 4 bridgehead atoms. The highest BCUT2D eigenvalue weighted by molar-refractivity contribution is 5.89. The van der Waals surface area contributed by atoms with Gasteiger partial charge >= 0.3 is 5.97 Å². The topological polar surface area (TPSA) is 104 Å². The van der Waals surface area contributed by atoms with Crippen molar-refractivity contribution < 1.29 is 28.3 Å². The van der Waals surface area contributed by atoms with Crippen LogP contribution in [0.3, 0.4) is 0 Å². The fourth-order valence-corrected chi connectivity index (χ4v) is 7.57. The third-order valence-electron chi connectivity index (χ3n) is 8.73. The molecule has 4 saturated carbocycles. The first-order valence-corrected chi connectivity index (χ1v) is 13.0. The van der Waals surface area contributed by atoms with Crippen molar-refractivity contribution in [2.75, 3.05) is 20.8 Å². The van der Waals surface area contributed by atoms with Gasteiger partial charge in [-0.25, -0.2) is 4.79 Å². The quantitative estimate of drug-likeness (QED) is 0.531. The van der Waals surface area contributed by atoms with Crippen molar-refractivity contribution in [3.8, 4) is 22.9 Å². The van der Waals surface area contributed by atoms with Crippen molar-refractivity contribution in [1.82, 2.24) is 15.0 Å². The van der Waals surface area contributed by atoms with E-state index in [1.165, 1.54) is 19.3 Å². The van der Waals surface area contributed by atoms with Crippen LogP contribution in [0, 0.1) is 23.2 Å². The van der Waals surface area contributed by atoms with Crippen molar-refractivity contribution in [2.24, 2.45) is 23.2 Å². The molecule has 1 aliphatic heterocycles. The lowest BCUT2D eigenvalue weighted by Crippen LogP contribution is -2.56. The maximum absolute atomic E-state index is 13.8. The molecule has 4 aliphatic carbocycles. The number of methoxy groups -OCH3 is 2. The molecule has 1 unspecified atom stereocenters. The van der Waals surface area contributed by atoms with Gasteiger partial charge in [0.25, 0.3) is 5.89 Å². The number of benzene rings is 1. The molecule has 7 rings (SSSR count). The molecule has 2 aromatic rings. The van der Waals surface area contributed by atoms with Crippen LogP contribution in [-0.4, -0.2) is 53.7 Å². The van der Waals surface area contributed by atoms with Gasteiger partial charge in [0.2, 0.25) is 11.7 Å². The van der Waals surface area contributed by atoms with Crippen LogP contribution in [0.1, 0.15) is 57.3 Å². The van der Waals surface area contributed by atoms with Gasteiger partial charge in [-0.2, -0.15) is 4.98 Å². The zero-order valence-electron chi connectivity index (χ0n) is 20.9. The van der Waals surface area contributed by atoms with Crippen molar-refractivity contribution in [1.29, 1.82) is 0 Å². The van der Waals surface area contributed by atoms with Crippen LogP contribution in [0.15, 0.2) is 22.7 Å². The van der Waals surface area contributed by atoms with Crippen molar-refractivity contribution in [2.45, 2.75) is 64.0 Å². The molecule has 1 aromatic carbocycles. The molecule has 2 heterocycles. The van der Waals surface area contributed by atoms with Gasteiger partial charge in [0.1, 0.15) is 17.5 Å². The Morgan fingerprint density at radius 2 is 1.81 bits per heavy atom. The van der Waals surface area contributed by atoms with E-state index in [0.29, 0.717) is 53.6 Å². The normalized spacial score (nSPS) is 30.4. The summed E-state index contributed by atoms with van der Waals surface area (Å²) in [5.41, 5.74) is 0.388. The standard InChI is InChI=1S/C27H33N3O6/c1-33-19-5-6-20(22(11-19)34-2)24-28-23(36-29-24)15-35-25(31)21-4-3-7-30(21)26(32)27-12-16-8-17(13-27)10-18(9-16)14-27/h5-6,11,16-18,21H,3-4,7-10,12-15H2,1-2H3. The number of carbonyl (C=O) groups excluding carboxylic acids is 2. The number of ether oxygens (including phenoxy) is 3. The van der Waals surface area contributed by atoms with E-state index in [9.17, 15) is 9.59 Å². The number of rotatable bonds is 7. The Morgan fingerprint density at radius 3 is 2.47 bits per heavy atom. The second-order valence-corrected chi connectivity index (χ2v) is 11.0. The fraction of sp³-hybridized carbons (Fsp3) is 0.630. The van der Waals surface area contributed by atoms with E-state index < -0.39 is 12.0 Å². The van der Waals surface area contributed by atoms with Crippen LogP contribution in [0.2, 0.25) is 0 Å². The monoisotopic (exact) mass is 495 g/mol. The van der Waals surface area contributed by atoms with E-state index in [-0.39, 0.29) is 23.8 Å². The molecule has 0 N–H and O–H groups in total. The minimum atomic E-state index is -0.533. The number of likely N-dealkylation sites (tertiary alicyclic amines) is 1. The third kappa shape index (κ3) is 4.02. The lowest BCUT2D eigenvalue weighted by atomic mass is 9.49. The van der Waals surface area contributed by atoms with Crippen LogP contribution in [0.25, 0.3) is 11.4 Å². The number of carbonyl (C=O) groups is 2. The van der Waals surface area contributed by atoms with Crippen molar-refractivity contribution in [3.05, 3.63) is 24.1 Å². The summed E-state index contributed by atoms with van der Waals surface area (Å²) < 4.78 is 21.5. The Balaban J connectivity index is 1.11. The highest BCUT2D eigenvalue weighted by atomic mass is 16.6. The van der Waals surface area contributed by atoms with E-state index >= 15 is 0 Å². The first kappa shape index (κ1) is 23.3. The number of esters is 1. The third-order valence-corrected chi connectivity index (χ3v) is 8.73. The predicted octanol–water partition coefficient (Wildman–Crippen LogP) is 4.00. The molecule has 1 atom stereocenters. The average Bonchev–Trinajstić information content (AvgIpc) is 3.56. The van der Waals surface area contributed by atoms with E-state index in [4.69, 9.17) is 18.7 Å². The van der Waals surface area contributed by atoms with Crippen molar-refractivity contribution >= 4 is 11.9 Å². The van der Waals surface area contributed by atoms with Crippen molar-refractivity contribution in [3.63, 3.8) is 0 Å². The maximum atomic E-state index is 13.8. The molecule has 5 fully saturated rings. The number of hydrogen-bond acceptors (Lipinski definition) is 8. The molecular formula is C27H33N3O6. The van der Waals surface area contributed by atoms with Gasteiger partial charge in [0, 0.05) is 12.6 Å². The lowest BCUT2D eigenvalue weighted by molar-refractivity contribution is -0.166. The SMILES string of the molecule is COc1ccc(-c2noc(COC(=O)C3CCCN3C(=O)C34CC5CC(CC(C5)C3)C4)n2)c(OC)c1. The summed E-state index contributed by atoms with van der Waals surface area (Å²) in [7, 11) is 3.14. The molecule has 36 heavy (non-hydrogen) atoms. The Bertz CT molecular complexity index is 1120. The van der Waals surface area contributed by atoms with Gasteiger partial charge in [-0.05, 0) is 81.3 Å². The Morgan fingerprint density at radius 1 is 1.08 bits per heavy atom. The van der Waals surface area contributed by atoms with E-state index in [2.05, 4.69) is 10.1 Å². The highest BCUT2D eigenvalue weighted by Crippen LogP contribution is 2.60. The zero-order valence-corrected chi connectivity index (χ0v) is 20.9. The Kier molecular flexibility index (Phi) is 5.88. The van der Waals surface area contributed by atoms with E-state index in [0.717, 1.165) is 25.7 Å². The fourth-order valence-electron chi connectivity index (χ4n) is 7.57. The average molecular weight is 496 g/mol. The van der Waals surface area contributed by atoms with Crippen LogP contribution in [-0.2, 0) is 20.9 Å².